The van der Waals surface area contributed by atoms with Gasteiger partial charge in [-0.1, -0.05) is 108 Å². The van der Waals surface area contributed by atoms with Gasteiger partial charge in [0, 0.05) is 12.5 Å². The maximum atomic E-state index is 13.6. The van der Waals surface area contributed by atoms with E-state index >= 15 is 0 Å². The number of nitrogens with one attached hydrogen (secondary N) is 2. The molecule has 2 amide bonds. The molecule has 4 rings (SSSR count). The minimum atomic E-state index is -0.801. The molecule has 0 saturated heterocycles. The summed E-state index contributed by atoms with van der Waals surface area (Å²) in [6.07, 6.45) is 6.35. The minimum Gasteiger partial charge on any atom is -1.00 e. The quantitative estimate of drug-likeness (QED) is 0.192. The third kappa shape index (κ3) is 9.96. The average molecular weight is 654 g/mol. The lowest BCUT2D eigenvalue weighted by atomic mass is 10.0. The highest BCUT2D eigenvalue weighted by molar-refractivity contribution is 7.10. The van der Waals surface area contributed by atoms with Gasteiger partial charge in [0.15, 0.2) is 6.20 Å². The van der Waals surface area contributed by atoms with Crippen molar-refractivity contribution in [2.24, 2.45) is 7.05 Å². The fourth-order valence-corrected chi connectivity index (χ4v) is 4.76. The number of aryl methyl sites for hydroxylation is 1. The number of hydrogen-bond acceptors (Lipinski definition) is 4. The number of rotatable bonds is 11. The van der Waals surface area contributed by atoms with Gasteiger partial charge < -0.3 is 39.3 Å². The predicted octanol–water partition coefficient (Wildman–Crippen LogP) is 1.86. The second kappa shape index (κ2) is 15.8. The van der Waals surface area contributed by atoms with Crippen molar-refractivity contribution < 1.29 is 42.9 Å². The van der Waals surface area contributed by atoms with Crippen LogP contribution in [-0.4, -0.2) is 24.1 Å². The van der Waals surface area contributed by atoms with Gasteiger partial charge in [-0.2, -0.15) is 4.57 Å². The minimum absolute atomic E-state index is 0. The second-order valence-corrected chi connectivity index (χ2v) is 9.89. The van der Waals surface area contributed by atoms with Gasteiger partial charge in [0.2, 0.25) is 5.91 Å². The Hall–Kier alpha value is -3.50. The Morgan fingerprint density at radius 1 is 0.846 bits per heavy atom. The molecule has 0 fully saturated rings. The standard InChI is InChI=1S/C31H31N3O3S.HI/c1-34-19-20-38-29(34)18-17-27(21-24-11-5-2-6-12-24)32-30(35)28(22-25-13-7-3-8-14-25)33-31(36)37-23-26-15-9-4-10-16-26;/h2-20,27-28H,21-23H2,1H3,(H-,32,33,35,36);1H/b18-17+;/t27-,28+;/m1./s1. The molecule has 1 heterocycles. The van der Waals surface area contributed by atoms with E-state index in [1.54, 1.807) is 11.3 Å². The van der Waals surface area contributed by atoms with Crippen LogP contribution in [0, 0.1) is 0 Å². The molecule has 0 saturated carbocycles. The van der Waals surface area contributed by atoms with E-state index in [2.05, 4.69) is 10.6 Å². The zero-order chi connectivity index (χ0) is 26.6. The molecule has 0 bridgehead atoms. The van der Waals surface area contributed by atoms with E-state index in [1.807, 2.05) is 126 Å². The van der Waals surface area contributed by atoms with Crippen LogP contribution in [0.1, 0.15) is 21.7 Å². The number of aromatic nitrogens is 1. The van der Waals surface area contributed by atoms with Crippen molar-refractivity contribution in [2.75, 3.05) is 0 Å². The van der Waals surface area contributed by atoms with Gasteiger partial charge in [-0.3, -0.25) is 4.79 Å². The van der Waals surface area contributed by atoms with Crippen LogP contribution in [0.15, 0.2) is 109 Å². The third-order valence-electron chi connectivity index (χ3n) is 6.02. The lowest BCUT2D eigenvalue weighted by molar-refractivity contribution is -0.668. The van der Waals surface area contributed by atoms with Gasteiger partial charge >= 0.3 is 6.09 Å². The summed E-state index contributed by atoms with van der Waals surface area (Å²) in [6, 6.07) is 28.0. The number of carbonyl (C=O) groups excluding carboxylic acids is 2. The number of amides is 2. The van der Waals surface area contributed by atoms with Gasteiger partial charge in [-0.25, -0.2) is 4.79 Å². The first kappa shape index (κ1) is 30.0. The molecule has 2 atom stereocenters. The van der Waals surface area contributed by atoms with Crippen molar-refractivity contribution in [1.29, 1.82) is 0 Å². The van der Waals surface area contributed by atoms with Crippen LogP contribution in [0.2, 0.25) is 0 Å². The summed E-state index contributed by atoms with van der Waals surface area (Å²) < 4.78 is 7.44. The van der Waals surface area contributed by atoms with Crippen molar-refractivity contribution in [3.63, 3.8) is 0 Å². The van der Waals surface area contributed by atoms with Crippen molar-refractivity contribution in [2.45, 2.75) is 31.5 Å². The first-order valence-electron chi connectivity index (χ1n) is 12.5. The summed E-state index contributed by atoms with van der Waals surface area (Å²) >= 11 is 1.63. The molecule has 3 aromatic carbocycles. The van der Waals surface area contributed by atoms with Gasteiger partial charge in [0.1, 0.15) is 19.7 Å². The molecule has 0 radical (unpaired) electrons. The molecule has 0 aliphatic heterocycles. The summed E-state index contributed by atoms with van der Waals surface area (Å²) in [6.45, 7) is 0.129. The van der Waals surface area contributed by atoms with E-state index in [0.29, 0.717) is 12.8 Å². The van der Waals surface area contributed by atoms with Gasteiger partial charge in [0.25, 0.3) is 5.01 Å². The summed E-state index contributed by atoms with van der Waals surface area (Å²) in [5, 5.41) is 9.02. The molecule has 0 aliphatic rings. The van der Waals surface area contributed by atoms with Crippen LogP contribution in [0.3, 0.4) is 0 Å². The maximum absolute atomic E-state index is 13.6. The normalized spacial score (nSPS) is 12.2. The van der Waals surface area contributed by atoms with Crippen molar-refractivity contribution >= 4 is 29.4 Å². The van der Waals surface area contributed by atoms with E-state index in [-0.39, 0.29) is 42.5 Å². The lowest BCUT2D eigenvalue weighted by Crippen LogP contribution is -3.00. The molecule has 202 valence electrons. The molecule has 0 aliphatic carbocycles. The number of ether oxygens (including phenoxy) is 1. The number of alkyl carbamates (subject to hydrolysis) is 1. The van der Waals surface area contributed by atoms with Gasteiger partial charge in [-0.15, -0.1) is 0 Å². The van der Waals surface area contributed by atoms with Crippen molar-refractivity contribution in [3.8, 4) is 0 Å². The van der Waals surface area contributed by atoms with Crippen molar-refractivity contribution in [3.05, 3.63) is 130 Å². The van der Waals surface area contributed by atoms with E-state index in [4.69, 9.17) is 4.74 Å². The summed E-state index contributed by atoms with van der Waals surface area (Å²) in [7, 11) is 1.99. The first-order chi connectivity index (χ1) is 18.6. The smallest absolute Gasteiger partial charge is 0.408 e. The number of carbonyl (C=O) groups is 2. The third-order valence-corrected chi connectivity index (χ3v) is 6.95. The summed E-state index contributed by atoms with van der Waals surface area (Å²) in [5.41, 5.74) is 2.92. The number of nitrogens with zero attached hydrogens (tertiary/aromatic N) is 1. The zero-order valence-corrected chi connectivity index (χ0v) is 24.7. The molecule has 4 aromatic rings. The zero-order valence-electron chi connectivity index (χ0n) is 21.7. The molecule has 0 unspecified atom stereocenters. The fraction of sp³-hybridized carbons (Fsp3) is 0.194. The SMILES string of the molecule is C[n+]1ccsc1/C=C/[C@H](Cc1ccccc1)NC(=O)[C@H](Cc1ccccc1)NC(=O)OCc1ccccc1.[I-]. The maximum Gasteiger partial charge on any atom is 0.408 e. The highest BCUT2D eigenvalue weighted by Gasteiger charge is 2.24. The van der Waals surface area contributed by atoms with E-state index in [9.17, 15) is 9.59 Å². The van der Waals surface area contributed by atoms with Crippen LogP contribution in [-0.2, 0) is 36.0 Å². The van der Waals surface area contributed by atoms with Gasteiger partial charge in [-0.05, 0) is 23.1 Å². The van der Waals surface area contributed by atoms with Crippen molar-refractivity contribution in [1.82, 2.24) is 10.6 Å². The molecule has 0 spiro atoms. The van der Waals surface area contributed by atoms with Crippen LogP contribution in [0.25, 0.3) is 6.08 Å². The Kier molecular flexibility index (Phi) is 12.2. The van der Waals surface area contributed by atoms with E-state index < -0.39 is 12.1 Å². The Labute approximate surface area is 250 Å². The molecular weight excluding hydrogens is 621 g/mol. The summed E-state index contributed by atoms with van der Waals surface area (Å²) in [5.74, 6) is -0.272. The number of thiazole rings is 1. The summed E-state index contributed by atoms with van der Waals surface area (Å²) in [4.78, 5) is 26.3. The highest BCUT2D eigenvalue weighted by atomic mass is 127. The van der Waals surface area contributed by atoms with E-state index in [1.165, 1.54) is 0 Å². The number of halogens is 1. The molecule has 39 heavy (non-hydrogen) atoms. The Morgan fingerprint density at radius 3 is 1.97 bits per heavy atom. The van der Waals surface area contributed by atoms with Crippen LogP contribution < -0.4 is 39.2 Å². The second-order valence-electron chi connectivity index (χ2n) is 8.96. The molecular formula is C31H32IN3O3S. The predicted molar refractivity (Wildman–Crippen MR) is 150 cm³/mol. The molecule has 2 N–H and O–H groups in total. The monoisotopic (exact) mass is 653 g/mol. The number of benzene rings is 3. The number of hydrogen-bond donors (Lipinski definition) is 2. The molecule has 8 heteroatoms. The average Bonchev–Trinajstić information content (AvgIpc) is 3.36. The Bertz CT molecular complexity index is 1330. The largest absolute Gasteiger partial charge is 1.00 e. The van der Waals surface area contributed by atoms with E-state index in [0.717, 1.165) is 21.7 Å². The topological polar surface area (TPSA) is 71.3 Å². The van der Waals surface area contributed by atoms with Crippen LogP contribution in [0.5, 0.6) is 0 Å². The molecule has 6 nitrogen and oxygen atoms in total. The fourth-order valence-electron chi connectivity index (χ4n) is 3.99. The first-order valence-corrected chi connectivity index (χ1v) is 13.4. The Morgan fingerprint density at radius 2 is 1.41 bits per heavy atom. The highest BCUT2D eigenvalue weighted by Crippen LogP contribution is 2.11. The van der Waals surface area contributed by atoms with Crippen LogP contribution in [0.4, 0.5) is 4.79 Å². The van der Waals surface area contributed by atoms with Gasteiger partial charge in [0.05, 0.1) is 11.4 Å². The van der Waals surface area contributed by atoms with Crippen LogP contribution >= 0.6 is 11.3 Å². The Balaban J connectivity index is 0.00000420. The lowest BCUT2D eigenvalue weighted by Gasteiger charge is -2.22. The molecule has 1 aromatic heterocycles.